The number of hydrogen-bond acceptors (Lipinski definition) is 5. The fourth-order valence-corrected chi connectivity index (χ4v) is 2.61. The summed E-state index contributed by atoms with van der Waals surface area (Å²) in [5.41, 5.74) is 0.0885. The van der Waals surface area contributed by atoms with Crippen LogP contribution in [-0.4, -0.2) is 37.8 Å². The van der Waals surface area contributed by atoms with E-state index in [9.17, 15) is 9.59 Å². The number of fused-ring (bicyclic) bond motifs is 1. The van der Waals surface area contributed by atoms with E-state index >= 15 is 0 Å². The second kappa shape index (κ2) is 4.79. The number of rotatable bonds is 1. The molecule has 6 nitrogen and oxygen atoms in total. The van der Waals surface area contributed by atoms with E-state index in [1.54, 1.807) is 12.1 Å². The normalized spacial score (nSPS) is 19.8. The standard InChI is InChI=1S/C14H16N2O4/c1-19-13(18)9-2-3-11-10(8-9)12(17)16-14(20-11)4-6-15-7-5-14/h2-3,8,15H,4-7H2,1H3,(H,16,17). The van der Waals surface area contributed by atoms with E-state index in [0.717, 1.165) is 25.9 Å². The highest BCUT2D eigenvalue weighted by molar-refractivity contribution is 6.01. The SMILES string of the molecule is COC(=O)c1ccc2c(c1)C(=O)NC1(CCNCC1)O2. The van der Waals surface area contributed by atoms with Crippen LogP contribution in [0.4, 0.5) is 0 Å². The van der Waals surface area contributed by atoms with Crippen molar-refractivity contribution in [3.05, 3.63) is 29.3 Å². The first kappa shape index (κ1) is 12.9. The molecule has 0 radical (unpaired) electrons. The molecule has 0 unspecified atom stereocenters. The van der Waals surface area contributed by atoms with Gasteiger partial charge in [-0.3, -0.25) is 4.79 Å². The minimum Gasteiger partial charge on any atom is -0.467 e. The monoisotopic (exact) mass is 276 g/mol. The highest BCUT2D eigenvalue weighted by atomic mass is 16.5. The number of nitrogens with one attached hydrogen (secondary N) is 2. The number of esters is 1. The van der Waals surface area contributed by atoms with Crippen molar-refractivity contribution in [2.24, 2.45) is 0 Å². The zero-order valence-corrected chi connectivity index (χ0v) is 11.2. The fourth-order valence-electron chi connectivity index (χ4n) is 2.61. The topological polar surface area (TPSA) is 76.7 Å². The summed E-state index contributed by atoms with van der Waals surface area (Å²) in [6.45, 7) is 1.60. The molecule has 1 aromatic rings. The molecule has 2 heterocycles. The van der Waals surface area contributed by atoms with Crippen LogP contribution in [0.1, 0.15) is 33.6 Å². The molecule has 0 saturated carbocycles. The Hall–Kier alpha value is -2.08. The summed E-state index contributed by atoms with van der Waals surface area (Å²) >= 11 is 0. The van der Waals surface area contributed by atoms with Crippen LogP contribution in [0.25, 0.3) is 0 Å². The maximum Gasteiger partial charge on any atom is 0.337 e. The first-order valence-corrected chi connectivity index (χ1v) is 6.58. The van der Waals surface area contributed by atoms with E-state index in [1.807, 2.05) is 0 Å². The largest absolute Gasteiger partial charge is 0.467 e. The van der Waals surface area contributed by atoms with Gasteiger partial charge in [-0.05, 0) is 18.2 Å². The molecule has 0 atom stereocenters. The van der Waals surface area contributed by atoms with Gasteiger partial charge in [-0.2, -0.15) is 0 Å². The highest BCUT2D eigenvalue weighted by Crippen LogP contribution is 2.32. The van der Waals surface area contributed by atoms with Gasteiger partial charge in [0.15, 0.2) is 5.72 Å². The third-order valence-electron chi connectivity index (χ3n) is 3.70. The second-order valence-electron chi connectivity index (χ2n) is 5.00. The number of piperidine rings is 1. The molecular formula is C14H16N2O4. The minimum atomic E-state index is -0.623. The van der Waals surface area contributed by atoms with Crippen LogP contribution in [0.3, 0.4) is 0 Å². The predicted octanol–water partition coefficient (Wildman–Crippen LogP) is 0.675. The molecule has 6 heteroatoms. The van der Waals surface area contributed by atoms with Crippen molar-refractivity contribution in [2.75, 3.05) is 20.2 Å². The van der Waals surface area contributed by atoms with Crippen molar-refractivity contribution in [3.8, 4) is 5.75 Å². The van der Waals surface area contributed by atoms with E-state index < -0.39 is 11.7 Å². The lowest BCUT2D eigenvalue weighted by Gasteiger charge is -2.41. The van der Waals surface area contributed by atoms with Gasteiger partial charge in [0.1, 0.15) is 5.75 Å². The summed E-state index contributed by atoms with van der Waals surface area (Å²) in [6.07, 6.45) is 1.44. The van der Waals surface area contributed by atoms with Gasteiger partial charge in [0.25, 0.3) is 5.91 Å². The highest BCUT2D eigenvalue weighted by Gasteiger charge is 2.40. The van der Waals surface area contributed by atoms with Crippen LogP contribution in [0.5, 0.6) is 5.75 Å². The van der Waals surface area contributed by atoms with Crippen molar-refractivity contribution < 1.29 is 19.1 Å². The lowest BCUT2D eigenvalue weighted by molar-refractivity contribution is -0.00353. The molecule has 20 heavy (non-hydrogen) atoms. The second-order valence-corrected chi connectivity index (χ2v) is 5.00. The number of hydrogen-bond donors (Lipinski definition) is 2. The number of carbonyl (C=O) groups is 2. The molecule has 0 aromatic heterocycles. The zero-order valence-electron chi connectivity index (χ0n) is 11.2. The van der Waals surface area contributed by atoms with Crippen LogP contribution >= 0.6 is 0 Å². The fraction of sp³-hybridized carbons (Fsp3) is 0.429. The summed E-state index contributed by atoms with van der Waals surface area (Å²) in [4.78, 5) is 23.8. The molecule has 3 rings (SSSR count). The molecule has 0 bridgehead atoms. The maximum atomic E-state index is 12.3. The summed E-state index contributed by atoms with van der Waals surface area (Å²) in [5, 5.41) is 6.15. The molecule has 2 aliphatic heterocycles. The molecule has 1 saturated heterocycles. The number of methoxy groups -OCH3 is 1. The van der Waals surface area contributed by atoms with Crippen LogP contribution in [0.2, 0.25) is 0 Å². The Bertz CT molecular complexity index is 564. The molecular weight excluding hydrogens is 260 g/mol. The molecule has 2 N–H and O–H groups in total. The van der Waals surface area contributed by atoms with Gasteiger partial charge in [-0.25, -0.2) is 4.79 Å². The van der Waals surface area contributed by atoms with Crippen LogP contribution in [-0.2, 0) is 4.74 Å². The summed E-state index contributed by atoms with van der Waals surface area (Å²) in [6, 6.07) is 4.77. The Morgan fingerprint density at radius 1 is 1.35 bits per heavy atom. The molecule has 1 fully saturated rings. The smallest absolute Gasteiger partial charge is 0.337 e. The first-order valence-electron chi connectivity index (χ1n) is 6.58. The van der Waals surface area contributed by atoms with Gasteiger partial charge in [0, 0.05) is 25.9 Å². The van der Waals surface area contributed by atoms with Gasteiger partial charge in [0.05, 0.1) is 18.2 Å². The van der Waals surface area contributed by atoms with Crippen LogP contribution in [0.15, 0.2) is 18.2 Å². The van der Waals surface area contributed by atoms with Crippen molar-refractivity contribution in [1.82, 2.24) is 10.6 Å². The Kier molecular flexibility index (Phi) is 3.10. The predicted molar refractivity (Wildman–Crippen MR) is 70.7 cm³/mol. The number of carbonyl (C=O) groups excluding carboxylic acids is 2. The lowest BCUT2D eigenvalue weighted by atomic mass is 9.97. The van der Waals surface area contributed by atoms with Gasteiger partial charge >= 0.3 is 5.97 Å². The Morgan fingerprint density at radius 2 is 2.10 bits per heavy atom. The summed E-state index contributed by atoms with van der Waals surface area (Å²) < 4.78 is 10.6. The first-order chi connectivity index (χ1) is 9.63. The number of ether oxygens (including phenoxy) is 2. The quantitative estimate of drug-likeness (QED) is 0.737. The van der Waals surface area contributed by atoms with Crippen molar-refractivity contribution in [3.63, 3.8) is 0 Å². The summed E-state index contributed by atoms with van der Waals surface area (Å²) in [7, 11) is 1.31. The Balaban J connectivity index is 1.93. The molecule has 1 spiro atoms. The Morgan fingerprint density at radius 3 is 2.80 bits per heavy atom. The molecule has 1 aromatic carbocycles. The van der Waals surface area contributed by atoms with Gasteiger partial charge in [-0.1, -0.05) is 0 Å². The lowest BCUT2D eigenvalue weighted by Crippen LogP contribution is -2.60. The molecule has 0 aliphatic carbocycles. The van der Waals surface area contributed by atoms with Crippen LogP contribution in [0, 0.1) is 0 Å². The average Bonchev–Trinajstić information content (AvgIpc) is 2.47. The Labute approximate surface area is 116 Å². The van der Waals surface area contributed by atoms with Crippen molar-refractivity contribution in [2.45, 2.75) is 18.6 Å². The third-order valence-corrected chi connectivity index (χ3v) is 3.70. The molecule has 2 aliphatic rings. The van der Waals surface area contributed by atoms with E-state index in [2.05, 4.69) is 15.4 Å². The third kappa shape index (κ3) is 2.12. The average molecular weight is 276 g/mol. The van der Waals surface area contributed by atoms with E-state index in [4.69, 9.17) is 4.74 Å². The van der Waals surface area contributed by atoms with E-state index in [0.29, 0.717) is 16.9 Å². The maximum absolute atomic E-state index is 12.3. The minimum absolute atomic E-state index is 0.209. The zero-order chi connectivity index (χ0) is 14.2. The number of amides is 1. The van der Waals surface area contributed by atoms with Gasteiger partial charge < -0.3 is 20.1 Å². The van der Waals surface area contributed by atoms with E-state index in [-0.39, 0.29) is 5.91 Å². The number of benzene rings is 1. The van der Waals surface area contributed by atoms with Crippen molar-refractivity contribution in [1.29, 1.82) is 0 Å². The van der Waals surface area contributed by atoms with Gasteiger partial charge in [-0.15, -0.1) is 0 Å². The van der Waals surface area contributed by atoms with Crippen LogP contribution < -0.4 is 15.4 Å². The van der Waals surface area contributed by atoms with Crippen molar-refractivity contribution >= 4 is 11.9 Å². The molecule has 1 amide bonds. The summed E-state index contributed by atoms with van der Waals surface area (Å²) in [5.74, 6) is -0.162. The van der Waals surface area contributed by atoms with E-state index in [1.165, 1.54) is 13.2 Å². The van der Waals surface area contributed by atoms with Gasteiger partial charge in [0.2, 0.25) is 0 Å². The molecule has 106 valence electrons.